The minimum atomic E-state index is -5.19. The molecule has 2 N–H and O–H groups in total. The first kappa shape index (κ1) is 31.8. The van der Waals surface area contributed by atoms with Gasteiger partial charge in [-0.15, -0.1) is 11.3 Å². The van der Waals surface area contributed by atoms with Crippen LogP contribution < -0.4 is 10.4 Å². The van der Waals surface area contributed by atoms with Gasteiger partial charge in [0.15, 0.2) is 0 Å². The van der Waals surface area contributed by atoms with Gasteiger partial charge in [-0.25, -0.2) is 13.8 Å². The Hall–Kier alpha value is -2.60. The van der Waals surface area contributed by atoms with Crippen molar-refractivity contribution in [1.29, 1.82) is 0 Å². The molecule has 2 aliphatic carbocycles. The fraction of sp³-hybridized carbons (Fsp3) is 0.645. The number of fused-ring (bicyclic) bond motifs is 2. The van der Waals surface area contributed by atoms with Crippen molar-refractivity contribution in [3.8, 4) is 0 Å². The van der Waals surface area contributed by atoms with Gasteiger partial charge in [0.05, 0.1) is 29.2 Å². The summed E-state index contributed by atoms with van der Waals surface area (Å²) in [5, 5.41) is 12.2. The molecular weight excluding hydrogens is 589 g/mol. The largest absolute Gasteiger partial charge is 0.542 e. The van der Waals surface area contributed by atoms with Crippen molar-refractivity contribution in [3.05, 3.63) is 51.0 Å². The van der Waals surface area contributed by atoms with Crippen LogP contribution in [0.4, 0.5) is 22.0 Å². The zero-order valence-electron chi connectivity index (χ0n) is 24.2. The lowest BCUT2D eigenvalue weighted by Gasteiger charge is -2.47. The Morgan fingerprint density at radius 1 is 1.09 bits per heavy atom. The molecule has 1 aromatic heterocycles. The van der Waals surface area contributed by atoms with E-state index in [1.807, 2.05) is 0 Å². The van der Waals surface area contributed by atoms with Gasteiger partial charge in [-0.2, -0.15) is 13.2 Å². The molecular formula is C31H38F5N3O3S. The number of carboxylic acids is 1. The van der Waals surface area contributed by atoms with Crippen molar-refractivity contribution in [1.82, 2.24) is 9.88 Å². The zero-order chi connectivity index (χ0) is 30.9. The number of amides is 1. The Kier molecular flexibility index (Phi) is 9.46. The van der Waals surface area contributed by atoms with Crippen LogP contribution in [0.3, 0.4) is 0 Å². The van der Waals surface area contributed by atoms with E-state index in [0.717, 1.165) is 50.2 Å². The van der Waals surface area contributed by atoms with E-state index in [1.54, 1.807) is 11.3 Å². The minimum Gasteiger partial charge on any atom is -0.542 e. The Balaban J connectivity index is 0.000000472. The molecule has 1 amide bonds. The fourth-order valence-electron chi connectivity index (χ4n) is 8.05. The highest BCUT2D eigenvalue weighted by atomic mass is 32.1. The number of benzene rings is 1. The first-order valence-electron chi connectivity index (χ1n) is 15.2. The van der Waals surface area contributed by atoms with Gasteiger partial charge >= 0.3 is 6.18 Å². The smallest absolute Gasteiger partial charge is 0.430 e. The molecule has 4 atom stereocenters. The molecule has 2 aromatic rings. The third kappa shape index (κ3) is 6.45. The number of aliphatic carboxylic acids is 1. The molecule has 1 aromatic carbocycles. The number of carboxylic acid groups (broad SMARTS) is 1. The molecule has 3 heterocycles. The lowest BCUT2D eigenvalue weighted by atomic mass is 9.68. The number of quaternary nitrogens is 1. The van der Waals surface area contributed by atoms with Gasteiger partial charge in [0.25, 0.3) is 0 Å². The van der Waals surface area contributed by atoms with Crippen LogP contribution in [0.15, 0.2) is 18.2 Å². The van der Waals surface area contributed by atoms with Gasteiger partial charge in [0.2, 0.25) is 5.91 Å². The molecule has 43 heavy (non-hydrogen) atoms. The maximum atomic E-state index is 14.8. The Bertz CT molecular complexity index is 1310. The maximum absolute atomic E-state index is 14.8. The topological polar surface area (TPSA) is 89.9 Å². The highest BCUT2D eigenvalue weighted by Gasteiger charge is 2.56. The Morgan fingerprint density at radius 2 is 1.77 bits per heavy atom. The van der Waals surface area contributed by atoms with Crippen LogP contribution in [0.2, 0.25) is 0 Å². The summed E-state index contributed by atoms with van der Waals surface area (Å²) in [6.45, 7) is 4.47. The number of aryl methyl sites for hydroxylation is 2. The lowest BCUT2D eigenvalue weighted by Crippen LogP contribution is -2.82. The van der Waals surface area contributed by atoms with Crippen LogP contribution in [-0.4, -0.2) is 53.6 Å². The fourth-order valence-corrected chi connectivity index (χ4v) is 9.30. The maximum Gasteiger partial charge on any atom is 0.430 e. The second kappa shape index (κ2) is 12.8. The second-order valence-electron chi connectivity index (χ2n) is 12.4. The van der Waals surface area contributed by atoms with E-state index < -0.39 is 23.8 Å². The predicted octanol–water partition coefficient (Wildman–Crippen LogP) is 4.15. The number of nitrogens with two attached hydrogens (primary N) is 1. The van der Waals surface area contributed by atoms with E-state index in [2.05, 4.69) is 17.1 Å². The van der Waals surface area contributed by atoms with Gasteiger partial charge in [0.1, 0.15) is 23.5 Å². The number of halogens is 5. The van der Waals surface area contributed by atoms with Gasteiger partial charge < -0.3 is 20.1 Å². The molecule has 0 unspecified atom stereocenters. The second-order valence-corrected chi connectivity index (χ2v) is 13.6. The number of alkyl halides is 3. The molecule has 236 valence electrons. The monoisotopic (exact) mass is 627 g/mol. The first-order chi connectivity index (χ1) is 20.4. The number of nitrogens with zero attached hydrogens (tertiary/aromatic N) is 2. The number of hydrogen-bond donors (Lipinski definition) is 1. The van der Waals surface area contributed by atoms with Crippen LogP contribution >= 0.6 is 11.3 Å². The van der Waals surface area contributed by atoms with Crippen molar-refractivity contribution in [2.45, 2.75) is 94.7 Å². The number of aromatic nitrogens is 1. The standard InChI is InChI=1S/C29H37F2N3OS.C2HF3O2/c1-18-33-24-11-6-13-29(27(24)36-18)17-32-16-21(29)28(35)34-14-12-20(26-22(30)9-5-10-23(26)31)15-25(34)19-7-3-2-4-8-19;3-2(4,5)1(6)7/h5,9-10,19-21,25,32H,2-4,6-8,11-17H2,1H3;(H,6,7)/t20-,21+,25+,29-;/m1./s1. The zero-order valence-corrected chi connectivity index (χ0v) is 25.0. The van der Waals surface area contributed by atoms with Gasteiger partial charge in [-0.05, 0) is 75.8 Å². The number of rotatable bonds is 3. The summed E-state index contributed by atoms with van der Waals surface area (Å²) in [4.78, 5) is 31.6. The average molecular weight is 628 g/mol. The van der Waals surface area contributed by atoms with Crippen LogP contribution in [0.5, 0.6) is 0 Å². The molecule has 6 nitrogen and oxygen atoms in total. The first-order valence-corrected chi connectivity index (χ1v) is 16.0. The average Bonchev–Trinajstić information content (AvgIpc) is 3.57. The van der Waals surface area contributed by atoms with E-state index in [4.69, 9.17) is 14.9 Å². The molecule has 4 aliphatic rings. The molecule has 1 saturated carbocycles. The Labute approximate surface area is 252 Å². The summed E-state index contributed by atoms with van der Waals surface area (Å²) in [5.74, 6) is -3.39. The van der Waals surface area contributed by atoms with Crippen molar-refractivity contribution >= 4 is 23.2 Å². The summed E-state index contributed by atoms with van der Waals surface area (Å²) < 4.78 is 61.1. The van der Waals surface area contributed by atoms with Crippen LogP contribution in [-0.2, 0) is 21.4 Å². The summed E-state index contributed by atoms with van der Waals surface area (Å²) in [6.07, 6.45) is 5.11. The molecule has 0 bridgehead atoms. The number of carbonyl (C=O) groups is 2. The van der Waals surface area contributed by atoms with Crippen molar-refractivity contribution in [2.24, 2.45) is 11.8 Å². The molecule has 2 aliphatic heterocycles. The highest BCUT2D eigenvalue weighted by molar-refractivity contribution is 7.11. The summed E-state index contributed by atoms with van der Waals surface area (Å²) in [7, 11) is 0. The van der Waals surface area contributed by atoms with E-state index in [-0.39, 0.29) is 34.8 Å². The van der Waals surface area contributed by atoms with Crippen molar-refractivity contribution in [3.63, 3.8) is 0 Å². The molecule has 12 heteroatoms. The Morgan fingerprint density at radius 3 is 2.42 bits per heavy atom. The highest BCUT2D eigenvalue weighted by Crippen LogP contribution is 2.48. The van der Waals surface area contributed by atoms with Crippen LogP contribution in [0, 0.1) is 30.4 Å². The number of piperidine rings is 1. The third-order valence-electron chi connectivity index (χ3n) is 9.93. The number of carbonyl (C=O) groups excluding carboxylic acids is 2. The minimum absolute atomic E-state index is 0.0377. The number of thiazole rings is 1. The van der Waals surface area contributed by atoms with Gasteiger partial charge in [-0.3, -0.25) is 4.79 Å². The normalized spacial score (nSPS) is 27.9. The molecule has 3 fully saturated rings. The molecule has 2 saturated heterocycles. The molecule has 1 spiro atoms. The summed E-state index contributed by atoms with van der Waals surface area (Å²) in [6, 6.07) is 4.27. The third-order valence-corrected chi connectivity index (χ3v) is 11.2. The van der Waals surface area contributed by atoms with E-state index in [1.165, 1.54) is 48.0 Å². The van der Waals surface area contributed by atoms with Crippen LogP contribution in [0.1, 0.15) is 84.8 Å². The van der Waals surface area contributed by atoms with Crippen molar-refractivity contribution < 1.29 is 42.0 Å². The van der Waals surface area contributed by atoms with Crippen molar-refractivity contribution in [2.75, 3.05) is 19.6 Å². The van der Waals surface area contributed by atoms with Gasteiger partial charge in [-0.1, -0.05) is 25.3 Å². The SMILES string of the molecule is Cc1nc2c(s1)[C@]1(CCC2)C[NH2+]C[C@H]1C(=O)N1CC[C@@H](c2c(F)cccc2F)C[C@H]1C1CCCCC1.O=C([O-])C(F)(F)F. The predicted molar refractivity (Wildman–Crippen MR) is 148 cm³/mol. The van der Waals surface area contributed by atoms with E-state index in [0.29, 0.717) is 25.3 Å². The van der Waals surface area contributed by atoms with Gasteiger partial charge in [0, 0.05) is 23.0 Å². The summed E-state index contributed by atoms with van der Waals surface area (Å²) >= 11 is 1.80. The summed E-state index contributed by atoms with van der Waals surface area (Å²) in [5.41, 5.74) is 1.34. The number of likely N-dealkylation sites (tertiary alicyclic amines) is 1. The van der Waals surface area contributed by atoms with E-state index in [9.17, 15) is 26.7 Å². The molecule has 6 rings (SSSR count). The molecule has 0 radical (unpaired) electrons. The quantitative estimate of drug-likeness (QED) is 0.518. The van der Waals surface area contributed by atoms with E-state index >= 15 is 0 Å². The number of hydrogen-bond acceptors (Lipinski definition) is 5. The van der Waals surface area contributed by atoms with Crippen LogP contribution in [0.25, 0.3) is 0 Å². The lowest BCUT2D eigenvalue weighted by molar-refractivity contribution is -0.640.